The Morgan fingerprint density at radius 3 is 2.55 bits per heavy atom. The van der Waals surface area contributed by atoms with Crippen LogP contribution in [0.25, 0.3) is 27.5 Å². The third-order valence-electron chi connectivity index (χ3n) is 8.55. The lowest BCUT2D eigenvalue weighted by Gasteiger charge is -2.33. The van der Waals surface area contributed by atoms with Crippen molar-refractivity contribution in [2.45, 2.75) is 69.8 Å². The van der Waals surface area contributed by atoms with Crippen molar-refractivity contribution in [2.24, 2.45) is 0 Å². The second-order valence-corrected chi connectivity index (χ2v) is 10.5. The third kappa shape index (κ3) is 1.83. The van der Waals surface area contributed by atoms with E-state index in [1.54, 1.807) is 11.1 Å². The van der Waals surface area contributed by atoms with Crippen LogP contribution in [0.2, 0.25) is 0 Å². The zero-order valence-corrected chi connectivity index (χ0v) is 17.5. The molecule has 2 unspecified atom stereocenters. The Morgan fingerprint density at radius 2 is 1.76 bits per heavy atom. The minimum absolute atomic E-state index is 0.0441. The first kappa shape index (κ1) is 16.3. The fraction of sp³-hybridized carbons (Fsp3) is 0.423. The molecule has 0 radical (unpaired) electrons. The molecule has 2 bridgehead atoms. The predicted octanol–water partition coefficient (Wildman–Crippen LogP) is 6.45. The topological polar surface area (TPSA) is 26.5 Å². The highest BCUT2D eigenvalue weighted by molar-refractivity contribution is 5.99. The number of fused-ring (bicyclic) bond motifs is 11. The molecule has 1 saturated carbocycles. The van der Waals surface area contributed by atoms with Gasteiger partial charge in [0.05, 0.1) is 11.0 Å². The second kappa shape index (κ2) is 4.77. The van der Waals surface area contributed by atoms with Gasteiger partial charge in [-0.3, -0.25) is 4.40 Å². The smallest absolute Gasteiger partial charge is 0.145 e. The van der Waals surface area contributed by atoms with Crippen molar-refractivity contribution in [3.63, 3.8) is 0 Å². The maximum absolute atomic E-state index is 6.35. The first-order valence-corrected chi connectivity index (χ1v) is 11.0. The van der Waals surface area contributed by atoms with E-state index in [9.17, 15) is 0 Å². The normalized spacial score (nSPS) is 25.7. The number of hydrogen-bond donors (Lipinski definition) is 0. The van der Waals surface area contributed by atoms with Crippen LogP contribution in [0.15, 0.2) is 36.5 Å². The molecular formula is C26H26N2O. The van der Waals surface area contributed by atoms with Crippen LogP contribution in [-0.4, -0.2) is 15.0 Å². The summed E-state index contributed by atoms with van der Waals surface area (Å²) in [6.45, 7) is 8.92. The number of benzene rings is 2. The van der Waals surface area contributed by atoms with Crippen LogP contribution in [0.4, 0.5) is 0 Å². The summed E-state index contributed by atoms with van der Waals surface area (Å²) < 4.78 is 8.62. The summed E-state index contributed by atoms with van der Waals surface area (Å²) in [6, 6.07) is 11.6. The third-order valence-corrected chi connectivity index (χ3v) is 8.55. The van der Waals surface area contributed by atoms with Crippen molar-refractivity contribution >= 4 is 27.5 Å². The second-order valence-electron chi connectivity index (χ2n) is 10.5. The summed E-state index contributed by atoms with van der Waals surface area (Å²) in [6.07, 6.45) is 6.29. The monoisotopic (exact) mass is 382 g/mol. The lowest BCUT2D eigenvalue weighted by atomic mass is 9.74. The Morgan fingerprint density at radius 1 is 1.00 bits per heavy atom. The molecule has 7 rings (SSSR count). The van der Waals surface area contributed by atoms with Crippen LogP contribution >= 0.6 is 0 Å². The molecule has 3 heteroatoms. The number of ether oxygens (including phenoxy) is 1. The first-order valence-electron chi connectivity index (χ1n) is 11.0. The van der Waals surface area contributed by atoms with Crippen molar-refractivity contribution in [1.29, 1.82) is 0 Å². The molecule has 3 heterocycles. The van der Waals surface area contributed by atoms with Gasteiger partial charge in [0.2, 0.25) is 0 Å². The Balaban J connectivity index is 1.53. The molecule has 0 amide bonds. The van der Waals surface area contributed by atoms with Gasteiger partial charge in [-0.15, -0.1) is 0 Å². The molecule has 0 saturated heterocycles. The van der Waals surface area contributed by atoms with E-state index >= 15 is 0 Å². The fourth-order valence-corrected chi connectivity index (χ4v) is 6.15. The minimum atomic E-state index is -0.221. The zero-order valence-electron chi connectivity index (χ0n) is 17.5. The Labute approximate surface area is 170 Å². The van der Waals surface area contributed by atoms with Crippen molar-refractivity contribution in [3.8, 4) is 5.75 Å². The van der Waals surface area contributed by atoms with Gasteiger partial charge >= 0.3 is 0 Å². The highest BCUT2D eigenvalue weighted by atomic mass is 16.5. The van der Waals surface area contributed by atoms with Gasteiger partial charge in [-0.05, 0) is 79.7 Å². The Bertz CT molecular complexity index is 1370. The van der Waals surface area contributed by atoms with Crippen LogP contribution < -0.4 is 4.74 Å². The SMILES string of the molecule is CC1(C)Oc2cc3nc4c5cc6c(cc5ccn4c3cc2C1(C)C)C1CCC6C1. The maximum atomic E-state index is 6.35. The number of aromatic nitrogens is 2. The standard InChI is InChI=1S/C26H26N2O/c1-25(2)20-12-22-21(13-23(20)29-26(25,3)4)27-24-19-11-18-15-6-5-14(9-15)17(18)10-16(19)7-8-28(22)24/h7-8,10-15H,5-6,9H2,1-4H3. The Hall–Kier alpha value is -2.55. The summed E-state index contributed by atoms with van der Waals surface area (Å²) in [7, 11) is 0. The number of rotatable bonds is 0. The summed E-state index contributed by atoms with van der Waals surface area (Å²) in [5.74, 6) is 2.54. The molecule has 0 N–H and O–H groups in total. The molecule has 3 aliphatic rings. The summed E-state index contributed by atoms with van der Waals surface area (Å²) >= 11 is 0. The van der Waals surface area contributed by atoms with Gasteiger partial charge in [0.1, 0.15) is 17.0 Å². The quantitative estimate of drug-likeness (QED) is 0.349. The van der Waals surface area contributed by atoms with Crippen LogP contribution in [0.5, 0.6) is 5.75 Å². The van der Waals surface area contributed by atoms with Crippen LogP contribution in [0.3, 0.4) is 0 Å². The maximum Gasteiger partial charge on any atom is 0.145 e. The highest BCUT2D eigenvalue weighted by Gasteiger charge is 2.48. The van der Waals surface area contributed by atoms with Gasteiger partial charge in [0, 0.05) is 28.6 Å². The van der Waals surface area contributed by atoms with Crippen molar-refractivity contribution < 1.29 is 4.74 Å². The average Bonchev–Trinajstić information content (AvgIpc) is 3.40. The number of imidazole rings is 1. The summed E-state index contributed by atoms with van der Waals surface area (Å²) in [5, 5.41) is 2.61. The molecule has 29 heavy (non-hydrogen) atoms. The van der Waals surface area contributed by atoms with Gasteiger partial charge in [-0.1, -0.05) is 19.9 Å². The molecule has 3 nitrogen and oxygen atoms in total. The molecular weight excluding hydrogens is 356 g/mol. The molecule has 4 aromatic rings. The van der Waals surface area contributed by atoms with Crippen molar-refractivity contribution in [1.82, 2.24) is 9.38 Å². The van der Waals surface area contributed by atoms with Crippen LogP contribution in [0.1, 0.15) is 75.5 Å². The van der Waals surface area contributed by atoms with Crippen LogP contribution in [0, 0.1) is 0 Å². The van der Waals surface area contributed by atoms with Gasteiger partial charge in [0.15, 0.2) is 0 Å². The van der Waals surface area contributed by atoms with Crippen molar-refractivity contribution in [2.75, 3.05) is 0 Å². The van der Waals surface area contributed by atoms with Gasteiger partial charge in [-0.2, -0.15) is 0 Å². The molecule has 1 fully saturated rings. The van der Waals surface area contributed by atoms with E-state index in [4.69, 9.17) is 9.72 Å². The molecule has 0 spiro atoms. The van der Waals surface area contributed by atoms with E-state index in [1.165, 1.54) is 41.1 Å². The summed E-state index contributed by atoms with van der Waals surface area (Å²) in [5.41, 5.74) is 7.47. The largest absolute Gasteiger partial charge is 0.487 e. The molecule has 2 aromatic carbocycles. The average molecular weight is 383 g/mol. The van der Waals surface area contributed by atoms with E-state index in [2.05, 4.69) is 68.6 Å². The highest BCUT2D eigenvalue weighted by Crippen LogP contribution is 2.54. The van der Waals surface area contributed by atoms with Crippen LogP contribution in [-0.2, 0) is 5.41 Å². The van der Waals surface area contributed by atoms with E-state index in [1.807, 2.05) is 0 Å². The zero-order chi connectivity index (χ0) is 19.7. The Kier molecular flexibility index (Phi) is 2.68. The summed E-state index contributed by atoms with van der Waals surface area (Å²) in [4.78, 5) is 5.09. The van der Waals surface area contributed by atoms with E-state index < -0.39 is 0 Å². The molecule has 146 valence electrons. The predicted molar refractivity (Wildman–Crippen MR) is 117 cm³/mol. The number of pyridine rings is 1. The van der Waals surface area contributed by atoms with Gasteiger partial charge in [0.25, 0.3) is 0 Å². The lowest BCUT2D eigenvalue weighted by molar-refractivity contribution is 0.0713. The van der Waals surface area contributed by atoms with Gasteiger partial charge < -0.3 is 4.74 Å². The van der Waals surface area contributed by atoms with E-state index in [0.29, 0.717) is 0 Å². The van der Waals surface area contributed by atoms with E-state index in [-0.39, 0.29) is 11.0 Å². The number of nitrogens with zero attached hydrogens (tertiary/aromatic N) is 2. The minimum Gasteiger partial charge on any atom is -0.487 e. The van der Waals surface area contributed by atoms with Gasteiger partial charge in [-0.25, -0.2) is 4.98 Å². The van der Waals surface area contributed by atoms with E-state index in [0.717, 1.165) is 28.7 Å². The molecule has 2 aliphatic carbocycles. The first-order chi connectivity index (χ1) is 13.8. The molecule has 1 aliphatic heterocycles. The fourth-order valence-electron chi connectivity index (χ4n) is 6.15. The van der Waals surface area contributed by atoms with Crippen molar-refractivity contribution in [3.05, 3.63) is 53.2 Å². The number of hydrogen-bond acceptors (Lipinski definition) is 2. The molecule has 2 aromatic heterocycles. The molecule has 2 atom stereocenters. The lowest BCUT2D eigenvalue weighted by Crippen LogP contribution is -2.41.